The standard InChI is InChI=1S/C11H13ClN2O3/c1-6(11(16)17)14-5-8-3-2-7(10(13)15)4-9(8)12/h2-4,6,14H,5H2,1H3,(H2,13,15)(H,16,17). The lowest BCUT2D eigenvalue weighted by Crippen LogP contribution is -2.33. The topological polar surface area (TPSA) is 92.4 Å². The number of primary amides is 1. The first kappa shape index (κ1) is 13.5. The summed E-state index contributed by atoms with van der Waals surface area (Å²) in [6.45, 7) is 1.85. The Kier molecular flexibility index (Phi) is 4.48. The van der Waals surface area contributed by atoms with Gasteiger partial charge >= 0.3 is 5.97 Å². The Morgan fingerprint density at radius 1 is 1.53 bits per heavy atom. The maximum atomic E-state index is 10.9. The smallest absolute Gasteiger partial charge is 0.320 e. The first-order valence-electron chi connectivity index (χ1n) is 4.96. The van der Waals surface area contributed by atoms with Gasteiger partial charge in [0.2, 0.25) is 5.91 Å². The van der Waals surface area contributed by atoms with Gasteiger partial charge in [-0.25, -0.2) is 0 Å². The van der Waals surface area contributed by atoms with Crippen molar-refractivity contribution >= 4 is 23.5 Å². The number of carboxylic acids is 1. The van der Waals surface area contributed by atoms with E-state index in [9.17, 15) is 9.59 Å². The summed E-state index contributed by atoms with van der Waals surface area (Å²) in [6.07, 6.45) is 0. The Morgan fingerprint density at radius 3 is 2.65 bits per heavy atom. The lowest BCUT2D eigenvalue weighted by atomic mass is 10.1. The van der Waals surface area contributed by atoms with Crippen LogP contribution in [0, 0.1) is 0 Å². The molecule has 0 radical (unpaired) electrons. The third-order valence-electron chi connectivity index (χ3n) is 2.31. The zero-order valence-electron chi connectivity index (χ0n) is 9.24. The second-order valence-corrected chi connectivity index (χ2v) is 4.02. The number of carbonyl (C=O) groups excluding carboxylic acids is 1. The van der Waals surface area contributed by atoms with E-state index in [-0.39, 0.29) is 0 Å². The van der Waals surface area contributed by atoms with E-state index in [1.165, 1.54) is 13.0 Å². The van der Waals surface area contributed by atoms with E-state index in [1.807, 2.05) is 0 Å². The number of hydrogen-bond donors (Lipinski definition) is 3. The highest BCUT2D eigenvalue weighted by atomic mass is 35.5. The summed E-state index contributed by atoms with van der Waals surface area (Å²) < 4.78 is 0. The van der Waals surface area contributed by atoms with Gasteiger partial charge in [0.15, 0.2) is 0 Å². The van der Waals surface area contributed by atoms with Crippen LogP contribution in [-0.2, 0) is 11.3 Å². The summed E-state index contributed by atoms with van der Waals surface area (Å²) in [6, 6.07) is 3.99. The zero-order valence-corrected chi connectivity index (χ0v) is 9.99. The first-order valence-corrected chi connectivity index (χ1v) is 5.34. The van der Waals surface area contributed by atoms with Crippen LogP contribution in [0.4, 0.5) is 0 Å². The first-order chi connectivity index (χ1) is 7.91. The van der Waals surface area contributed by atoms with E-state index in [0.717, 1.165) is 0 Å². The normalized spacial score (nSPS) is 12.1. The Bertz CT molecular complexity index is 448. The predicted molar refractivity (Wildman–Crippen MR) is 63.9 cm³/mol. The third-order valence-corrected chi connectivity index (χ3v) is 2.66. The Hall–Kier alpha value is -1.59. The van der Waals surface area contributed by atoms with Crippen LogP contribution in [0.3, 0.4) is 0 Å². The van der Waals surface area contributed by atoms with Crippen molar-refractivity contribution in [2.75, 3.05) is 0 Å². The minimum atomic E-state index is -0.935. The summed E-state index contributed by atoms with van der Waals surface area (Å²) in [5.74, 6) is -1.49. The Labute approximate surface area is 104 Å². The molecule has 0 saturated carbocycles. The molecule has 6 heteroatoms. The van der Waals surface area contributed by atoms with Gasteiger partial charge in [0, 0.05) is 17.1 Å². The fraction of sp³-hybridized carbons (Fsp3) is 0.273. The SMILES string of the molecule is CC(NCc1ccc(C(N)=O)cc1Cl)C(=O)O. The van der Waals surface area contributed by atoms with Gasteiger partial charge in [-0.1, -0.05) is 17.7 Å². The molecule has 1 aromatic carbocycles. The van der Waals surface area contributed by atoms with Gasteiger partial charge < -0.3 is 16.2 Å². The Balaban J connectivity index is 2.73. The van der Waals surface area contributed by atoms with Crippen molar-refractivity contribution in [2.45, 2.75) is 19.5 Å². The second kappa shape index (κ2) is 5.65. The van der Waals surface area contributed by atoms with Gasteiger partial charge in [0.25, 0.3) is 0 Å². The molecule has 4 N–H and O–H groups in total. The van der Waals surface area contributed by atoms with E-state index in [1.54, 1.807) is 12.1 Å². The van der Waals surface area contributed by atoms with Crippen molar-refractivity contribution in [3.63, 3.8) is 0 Å². The number of nitrogens with two attached hydrogens (primary N) is 1. The highest BCUT2D eigenvalue weighted by Gasteiger charge is 2.11. The summed E-state index contributed by atoms with van der Waals surface area (Å²) in [5.41, 5.74) is 6.14. The molecule has 0 fully saturated rings. The summed E-state index contributed by atoms with van der Waals surface area (Å²) in [5, 5.41) is 11.9. The number of aliphatic carboxylic acids is 1. The number of carbonyl (C=O) groups is 2. The minimum Gasteiger partial charge on any atom is -0.480 e. The highest BCUT2D eigenvalue weighted by Crippen LogP contribution is 2.17. The van der Waals surface area contributed by atoms with Crippen molar-refractivity contribution in [3.8, 4) is 0 Å². The maximum absolute atomic E-state index is 10.9. The Morgan fingerprint density at radius 2 is 2.18 bits per heavy atom. The molecule has 0 aliphatic carbocycles. The molecule has 17 heavy (non-hydrogen) atoms. The lowest BCUT2D eigenvalue weighted by Gasteiger charge is -2.10. The monoisotopic (exact) mass is 256 g/mol. The van der Waals surface area contributed by atoms with E-state index in [0.29, 0.717) is 22.7 Å². The molecule has 5 nitrogen and oxygen atoms in total. The molecule has 1 aromatic rings. The number of halogens is 1. The number of carboxylic acid groups (broad SMARTS) is 1. The maximum Gasteiger partial charge on any atom is 0.320 e. The summed E-state index contributed by atoms with van der Waals surface area (Å²) in [7, 11) is 0. The second-order valence-electron chi connectivity index (χ2n) is 3.61. The molecule has 0 spiro atoms. The minimum absolute atomic E-state index is 0.311. The lowest BCUT2D eigenvalue weighted by molar-refractivity contribution is -0.139. The van der Waals surface area contributed by atoms with Gasteiger partial charge in [-0.05, 0) is 24.6 Å². The fourth-order valence-electron chi connectivity index (χ4n) is 1.19. The molecule has 0 aliphatic rings. The molecule has 0 aliphatic heterocycles. The summed E-state index contributed by atoms with van der Waals surface area (Å²) >= 11 is 5.94. The molecule has 1 rings (SSSR count). The average Bonchev–Trinajstić information content (AvgIpc) is 2.26. The van der Waals surface area contributed by atoms with Crippen LogP contribution in [0.2, 0.25) is 5.02 Å². The quantitative estimate of drug-likeness (QED) is 0.733. The largest absolute Gasteiger partial charge is 0.480 e. The number of benzene rings is 1. The molecule has 0 aromatic heterocycles. The molecule has 1 amide bonds. The van der Waals surface area contributed by atoms with Crippen LogP contribution in [0.25, 0.3) is 0 Å². The van der Waals surface area contributed by atoms with E-state index in [4.69, 9.17) is 22.4 Å². The van der Waals surface area contributed by atoms with Crippen molar-refractivity contribution in [3.05, 3.63) is 34.3 Å². The van der Waals surface area contributed by atoms with Crippen LogP contribution in [-0.4, -0.2) is 23.0 Å². The van der Waals surface area contributed by atoms with Gasteiger partial charge in [-0.15, -0.1) is 0 Å². The van der Waals surface area contributed by atoms with Gasteiger partial charge in [-0.2, -0.15) is 0 Å². The molecule has 1 unspecified atom stereocenters. The molecule has 92 valence electrons. The van der Waals surface area contributed by atoms with Crippen molar-refractivity contribution in [2.24, 2.45) is 5.73 Å². The van der Waals surface area contributed by atoms with Crippen molar-refractivity contribution in [1.82, 2.24) is 5.32 Å². The van der Waals surface area contributed by atoms with Crippen LogP contribution in [0.5, 0.6) is 0 Å². The number of rotatable bonds is 5. The number of nitrogens with one attached hydrogen (secondary N) is 1. The van der Waals surface area contributed by atoms with Crippen LogP contribution in [0.15, 0.2) is 18.2 Å². The molecular weight excluding hydrogens is 244 g/mol. The van der Waals surface area contributed by atoms with Crippen LogP contribution < -0.4 is 11.1 Å². The van der Waals surface area contributed by atoms with E-state index >= 15 is 0 Å². The molecular formula is C11H13ClN2O3. The molecule has 0 bridgehead atoms. The van der Waals surface area contributed by atoms with Crippen LogP contribution >= 0.6 is 11.6 Å². The van der Waals surface area contributed by atoms with Crippen molar-refractivity contribution in [1.29, 1.82) is 0 Å². The van der Waals surface area contributed by atoms with Crippen LogP contribution in [0.1, 0.15) is 22.8 Å². The highest BCUT2D eigenvalue weighted by molar-refractivity contribution is 6.31. The molecule has 0 saturated heterocycles. The van der Waals surface area contributed by atoms with Gasteiger partial charge in [0.05, 0.1) is 0 Å². The number of amides is 1. The number of hydrogen-bond acceptors (Lipinski definition) is 3. The summed E-state index contributed by atoms with van der Waals surface area (Å²) in [4.78, 5) is 21.5. The van der Waals surface area contributed by atoms with E-state index < -0.39 is 17.9 Å². The fourth-order valence-corrected chi connectivity index (χ4v) is 1.44. The van der Waals surface area contributed by atoms with Crippen molar-refractivity contribution < 1.29 is 14.7 Å². The van der Waals surface area contributed by atoms with Gasteiger partial charge in [-0.3, -0.25) is 9.59 Å². The third kappa shape index (κ3) is 3.72. The predicted octanol–water partition coefficient (Wildman–Crippen LogP) is 1.00. The zero-order chi connectivity index (χ0) is 13.0. The van der Waals surface area contributed by atoms with Gasteiger partial charge in [0.1, 0.15) is 6.04 Å². The molecule has 1 atom stereocenters. The molecule has 0 heterocycles. The van der Waals surface area contributed by atoms with E-state index in [2.05, 4.69) is 5.32 Å². The average molecular weight is 257 g/mol.